The van der Waals surface area contributed by atoms with Crippen molar-refractivity contribution in [3.8, 4) is 0 Å². The number of aldehydes is 1. The number of nitrogens with zero attached hydrogens (tertiary/aromatic N) is 2. The Balaban J connectivity index is 2.17. The molecule has 1 aromatic heterocycles. The molecule has 1 aromatic rings. The molecule has 4 nitrogen and oxygen atoms in total. The van der Waals surface area contributed by atoms with Gasteiger partial charge in [0.2, 0.25) is 0 Å². The zero-order valence-electron chi connectivity index (χ0n) is 7.55. The molecule has 74 valence electrons. The van der Waals surface area contributed by atoms with E-state index in [0.29, 0.717) is 11.5 Å². The SMILES string of the molecule is O=Cc1ccnc(C2CSCCO2)n1. The predicted octanol–water partition coefficient (Wildman–Crippen LogP) is 1.09. The molecule has 0 aromatic carbocycles. The summed E-state index contributed by atoms with van der Waals surface area (Å²) in [4.78, 5) is 18.7. The third kappa shape index (κ3) is 2.10. The molecule has 0 bridgehead atoms. The summed E-state index contributed by atoms with van der Waals surface area (Å²) >= 11 is 1.82. The number of carbonyl (C=O) groups excluding carboxylic acids is 1. The highest BCUT2D eigenvalue weighted by molar-refractivity contribution is 7.99. The van der Waals surface area contributed by atoms with Gasteiger partial charge in [-0.1, -0.05) is 0 Å². The van der Waals surface area contributed by atoms with Crippen molar-refractivity contribution in [2.45, 2.75) is 6.10 Å². The van der Waals surface area contributed by atoms with E-state index in [4.69, 9.17) is 4.74 Å². The molecule has 2 heterocycles. The van der Waals surface area contributed by atoms with Gasteiger partial charge >= 0.3 is 0 Å². The normalized spacial score (nSPS) is 21.9. The van der Waals surface area contributed by atoms with Crippen LogP contribution in [0.1, 0.15) is 22.4 Å². The molecule has 1 aliphatic heterocycles. The fourth-order valence-corrected chi connectivity index (χ4v) is 2.09. The first-order valence-corrected chi connectivity index (χ1v) is 5.53. The lowest BCUT2D eigenvalue weighted by molar-refractivity contribution is 0.0692. The maximum absolute atomic E-state index is 10.5. The van der Waals surface area contributed by atoms with Crippen LogP contribution in [0.25, 0.3) is 0 Å². The third-order valence-corrected chi connectivity index (χ3v) is 2.91. The monoisotopic (exact) mass is 210 g/mol. The number of thioether (sulfide) groups is 1. The Morgan fingerprint density at radius 1 is 1.64 bits per heavy atom. The van der Waals surface area contributed by atoms with E-state index >= 15 is 0 Å². The standard InChI is InChI=1S/C9H10N2O2S/c12-5-7-1-2-10-9(11-7)8-6-14-4-3-13-8/h1-2,5,8H,3-4,6H2. The van der Waals surface area contributed by atoms with Gasteiger partial charge in [0.1, 0.15) is 11.8 Å². The number of hydrogen-bond acceptors (Lipinski definition) is 5. The Hall–Kier alpha value is -0.940. The maximum Gasteiger partial charge on any atom is 0.168 e. The van der Waals surface area contributed by atoms with Crippen molar-refractivity contribution in [3.63, 3.8) is 0 Å². The van der Waals surface area contributed by atoms with Crippen LogP contribution in [-0.2, 0) is 4.74 Å². The van der Waals surface area contributed by atoms with Crippen LogP contribution in [0.4, 0.5) is 0 Å². The van der Waals surface area contributed by atoms with E-state index in [1.807, 2.05) is 11.8 Å². The molecule has 2 rings (SSSR count). The first kappa shape index (κ1) is 9.61. The molecule has 1 saturated heterocycles. The van der Waals surface area contributed by atoms with E-state index in [1.54, 1.807) is 12.3 Å². The zero-order valence-corrected chi connectivity index (χ0v) is 8.37. The summed E-state index contributed by atoms with van der Waals surface area (Å²) < 4.78 is 5.50. The first-order chi connectivity index (χ1) is 6.90. The van der Waals surface area contributed by atoms with Gasteiger partial charge in [-0.05, 0) is 6.07 Å². The molecule has 1 aliphatic rings. The van der Waals surface area contributed by atoms with Gasteiger partial charge in [-0.3, -0.25) is 4.79 Å². The summed E-state index contributed by atoms with van der Waals surface area (Å²) in [5, 5.41) is 0. The van der Waals surface area contributed by atoms with Gasteiger partial charge in [-0.25, -0.2) is 9.97 Å². The van der Waals surface area contributed by atoms with Crippen LogP contribution < -0.4 is 0 Å². The molecule has 0 radical (unpaired) electrons. The van der Waals surface area contributed by atoms with Gasteiger partial charge in [0.05, 0.1) is 6.61 Å². The van der Waals surface area contributed by atoms with Gasteiger partial charge in [0.15, 0.2) is 12.1 Å². The Kier molecular flexibility index (Phi) is 3.10. The number of rotatable bonds is 2. The molecule has 0 aliphatic carbocycles. The average Bonchev–Trinajstić information content (AvgIpc) is 2.30. The van der Waals surface area contributed by atoms with Crippen LogP contribution in [-0.4, -0.2) is 34.4 Å². The molecule has 0 spiro atoms. The number of aromatic nitrogens is 2. The molecule has 0 amide bonds. The molecule has 14 heavy (non-hydrogen) atoms. The Morgan fingerprint density at radius 2 is 2.57 bits per heavy atom. The van der Waals surface area contributed by atoms with Crippen LogP contribution in [0.15, 0.2) is 12.3 Å². The zero-order chi connectivity index (χ0) is 9.80. The first-order valence-electron chi connectivity index (χ1n) is 4.37. The summed E-state index contributed by atoms with van der Waals surface area (Å²) in [7, 11) is 0. The van der Waals surface area contributed by atoms with Gasteiger partial charge in [-0.2, -0.15) is 11.8 Å². The minimum Gasteiger partial charge on any atom is -0.368 e. The largest absolute Gasteiger partial charge is 0.368 e. The minimum atomic E-state index is -0.0614. The number of hydrogen-bond donors (Lipinski definition) is 0. The van der Waals surface area contributed by atoms with E-state index in [0.717, 1.165) is 24.4 Å². The second-order valence-corrected chi connectivity index (χ2v) is 4.04. The molecule has 0 N–H and O–H groups in total. The number of carbonyl (C=O) groups is 1. The second-order valence-electron chi connectivity index (χ2n) is 2.89. The highest BCUT2D eigenvalue weighted by atomic mass is 32.2. The molecule has 1 atom stereocenters. The highest BCUT2D eigenvalue weighted by Crippen LogP contribution is 2.23. The summed E-state index contributed by atoms with van der Waals surface area (Å²) in [6.07, 6.45) is 2.25. The lowest BCUT2D eigenvalue weighted by atomic mass is 10.3. The number of ether oxygens (including phenoxy) is 1. The molecule has 5 heteroatoms. The topological polar surface area (TPSA) is 52.1 Å². The molecule has 1 fully saturated rings. The molecular formula is C9H10N2O2S. The van der Waals surface area contributed by atoms with Crippen molar-refractivity contribution in [3.05, 3.63) is 23.8 Å². The van der Waals surface area contributed by atoms with Gasteiger partial charge in [0, 0.05) is 17.7 Å². The van der Waals surface area contributed by atoms with Gasteiger partial charge < -0.3 is 4.74 Å². The summed E-state index contributed by atoms with van der Waals surface area (Å²) in [6, 6.07) is 1.59. The van der Waals surface area contributed by atoms with Crippen molar-refractivity contribution >= 4 is 18.0 Å². The fourth-order valence-electron chi connectivity index (χ4n) is 1.25. The van der Waals surface area contributed by atoms with Crippen LogP contribution in [0.5, 0.6) is 0 Å². The average molecular weight is 210 g/mol. The van der Waals surface area contributed by atoms with E-state index in [9.17, 15) is 4.79 Å². The third-order valence-electron chi connectivity index (χ3n) is 1.92. The lowest BCUT2D eigenvalue weighted by Gasteiger charge is -2.20. The highest BCUT2D eigenvalue weighted by Gasteiger charge is 2.19. The summed E-state index contributed by atoms with van der Waals surface area (Å²) in [5.41, 5.74) is 0.411. The van der Waals surface area contributed by atoms with Crippen LogP contribution in [0.3, 0.4) is 0 Å². The fraction of sp³-hybridized carbons (Fsp3) is 0.444. The van der Waals surface area contributed by atoms with E-state index in [-0.39, 0.29) is 6.10 Å². The van der Waals surface area contributed by atoms with Crippen LogP contribution in [0, 0.1) is 0 Å². The van der Waals surface area contributed by atoms with Crippen LogP contribution in [0.2, 0.25) is 0 Å². The molecular weight excluding hydrogens is 200 g/mol. The van der Waals surface area contributed by atoms with E-state index in [1.165, 1.54) is 0 Å². The van der Waals surface area contributed by atoms with Gasteiger partial charge in [-0.15, -0.1) is 0 Å². The van der Waals surface area contributed by atoms with Crippen LogP contribution >= 0.6 is 11.8 Å². The second kappa shape index (κ2) is 4.52. The maximum atomic E-state index is 10.5. The lowest BCUT2D eigenvalue weighted by Crippen LogP contribution is -2.18. The Labute approximate surface area is 86.1 Å². The van der Waals surface area contributed by atoms with Gasteiger partial charge in [0.25, 0.3) is 0 Å². The Morgan fingerprint density at radius 3 is 3.29 bits per heavy atom. The van der Waals surface area contributed by atoms with Crippen molar-refractivity contribution in [2.75, 3.05) is 18.1 Å². The van der Waals surface area contributed by atoms with Crippen molar-refractivity contribution < 1.29 is 9.53 Å². The predicted molar refractivity (Wildman–Crippen MR) is 53.4 cm³/mol. The quantitative estimate of drug-likeness (QED) is 0.684. The van der Waals surface area contributed by atoms with E-state index < -0.39 is 0 Å². The van der Waals surface area contributed by atoms with Crippen molar-refractivity contribution in [1.82, 2.24) is 9.97 Å². The molecule has 1 unspecified atom stereocenters. The van der Waals surface area contributed by atoms with E-state index in [2.05, 4.69) is 9.97 Å². The smallest absolute Gasteiger partial charge is 0.168 e. The Bertz CT molecular complexity index is 326. The summed E-state index contributed by atoms with van der Waals surface area (Å²) in [6.45, 7) is 0.726. The summed E-state index contributed by atoms with van der Waals surface area (Å²) in [5.74, 6) is 2.49. The molecule has 0 saturated carbocycles. The minimum absolute atomic E-state index is 0.0614. The van der Waals surface area contributed by atoms with Crippen molar-refractivity contribution in [1.29, 1.82) is 0 Å². The van der Waals surface area contributed by atoms with Crippen molar-refractivity contribution in [2.24, 2.45) is 0 Å².